The normalized spacial score (nSPS) is 11.5. The second-order valence-corrected chi connectivity index (χ2v) is 5.83. The Balaban J connectivity index is 3.14. The molecule has 1 aromatic rings. The first kappa shape index (κ1) is 9.74. The van der Waals surface area contributed by atoms with Crippen molar-refractivity contribution in [3.05, 3.63) is 29.8 Å². The zero-order chi connectivity index (χ0) is 9.19. The number of benzene rings is 1. The number of aryl methyl sites for hydroxylation is 1. The van der Waals surface area contributed by atoms with Gasteiger partial charge in [0.15, 0.2) is 9.84 Å². The lowest BCUT2D eigenvalue weighted by Gasteiger charge is -1.99. The van der Waals surface area contributed by atoms with Crippen molar-refractivity contribution in [3.63, 3.8) is 0 Å². The average Bonchev–Trinajstić information content (AvgIpc) is 2.05. The number of hydrogen-bond donors (Lipinski definition) is 0. The summed E-state index contributed by atoms with van der Waals surface area (Å²) in [5.74, 6) is 0. The van der Waals surface area contributed by atoms with Crippen LogP contribution < -0.4 is 0 Å². The molecular formula is C8H9BrO2S. The highest BCUT2D eigenvalue weighted by molar-refractivity contribution is 9.10. The van der Waals surface area contributed by atoms with Gasteiger partial charge in [0.05, 0.1) is 4.90 Å². The second-order valence-electron chi connectivity index (χ2n) is 2.54. The van der Waals surface area contributed by atoms with Crippen molar-refractivity contribution < 1.29 is 8.42 Å². The first-order valence-corrected chi connectivity index (χ1v) is 6.19. The molecule has 66 valence electrons. The molecule has 0 aromatic heterocycles. The van der Waals surface area contributed by atoms with E-state index in [1.54, 1.807) is 24.3 Å². The van der Waals surface area contributed by atoms with Crippen LogP contribution in [0.1, 0.15) is 5.56 Å². The van der Waals surface area contributed by atoms with Crippen molar-refractivity contribution in [2.75, 3.05) is 4.66 Å². The van der Waals surface area contributed by atoms with Gasteiger partial charge in [-0.3, -0.25) is 0 Å². The van der Waals surface area contributed by atoms with Crippen LogP contribution in [0, 0.1) is 6.92 Å². The van der Waals surface area contributed by atoms with Crippen LogP contribution in [-0.4, -0.2) is 13.1 Å². The van der Waals surface area contributed by atoms with Crippen LogP contribution in [0.2, 0.25) is 0 Å². The van der Waals surface area contributed by atoms with Crippen LogP contribution in [0.15, 0.2) is 29.2 Å². The van der Waals surface area contributed by atoms with Gasteiger partial charge in [0.1, 0.15) is 4.66 Å². The van der Waals surface area contributed by atoms with E-state index in [4.69, 9.17) is 0 Å². The van der Waals surface area contributed by atoms with Gasteiger partial charge in [-0.1, -0.05) is 33.6 Å². The predicted molar refractivity (Wildman–Crippen MR) is 52.2 cm³/mol. The lowest BCUT2D eigenvalue weighted by Crippen LogP contribution is -2.00. The third kappa shape index (κ3) is 2.08. The molecule has 0 spiro atoms. The van der Waals surface area contributed by atoms with Gasteiger partial charge in [0.2, 0.25) is 0 Å². The molecule has 0 saturated heterocycles. The molecule has 0 aliphatic heterocycles. The molecule has 1 rings (SSSR count). The summed E-state index contributed by atoms with van der Waals surface area (Å²) in [6.07, 6.45) is 0. The first-order chi connectivity index (χ1) is 5.56. The quantitative estimate of drug-likeness (QED) is 0.752. The number of rotatable bonds is 2. The van der Waals surface area contributed by atoms with Gasteiger partial charge >= 0.3 is 0 Å². The highest BCUT2D eigenvalue weighted by Crippen LogP contribution is 2.13. The molecule has 0 N–H and O–H groups in total. The Hall–Kier alpha value is -0.350. The standard InChI is InChI=1S/C8H9BrO2S/c1-7-2-4-8(5-3-7)12(10,11)6-9/h2-5H,6H2,1H3. The molecule has 0 amide bonds. The van der Waals surface area contributed by atoms with Crippen molar-refractivity contribution >= 4 is 25.8 Å². The van der Waals surface area contributed by atoms with Crippen molar-refractivity contribution in [2.24, 2.45) is 0 Å². The Morgan fingerprint density at radius 3 is 2.17 bits per heavy atom. The summed E-state index contributed by atoms with van der Waals surface area (Å²) in [4.78, 5) is 0.366. The van der Waals surface area contributed by atoms with Crippen molar-refractivity contribution in [3.8, 4) is 0 Å². The summed E-state index contributed by atoms with van der Waals surface area (Å²) < 4.78 is 22.5. The molecule has 0 radical (unpaired) electrons. The van der Waals surface area contributed by atoms with E-state index in [9.17, 15) is 8.42 Å². The third-order valence-electron chi connectivity index (χ3n) is 1.52. The number of hydrogen-bond acceptors (Lipinski definition) is 2. The summed E-state index contributed by atoms with van der Waals surface area (Å²) >= 11 is 2.94. The van der Waals surface area contributed by atoms with E-state index in [0.29, 0.717) is 4.90 Å². The summed E-state index contributed by atoms with van der Waals surface area (Å²) in [6.45, 7) is 1.92. The molecule has 4 heteroatoms. The van der Waals surface area contributed by atoms with E-state index >= 15 is 0 Å². The summed E-state index contributed by atoms with van der Waals surface area (Å²) in [7, 11) is -3.10. The first-order valence-electron chi connectivity index (χ1n) is 3.41. The molecule has 12 heavy (non-hydrogen) atoms. The number of halogens is 1. The number of alkyl halides is 1. The summed E-state index contributed by atoms with van der Waals surface area (Å²) in [5.41, 5.74) is 1.06. The molecule has 1 aromatic carbocycles. The van der Waals surface area contributed by atoms with E-state index in [2.05, 4.69) is 15.9 Å². The zero-order valence-corrected chi connectivity index (χ0v) is 9.02. The second kappa shape index (κ2) is 3.58. The van der Waals surface area contributed by atoms with Crippen molar-refractivity contribution in [1.82, 2.24) is 0 Å². The molecule has 0 aliphatic carbocycles. The highest BCUT2D eigenvalue weighted by atomic mass is 79.9. The van der Waals surface area contributed by atoms with Crippen LogP contribution in [0.3, 0.4) is 0 Å². The van der Waals surface area contributed by atoms with E-state index in [1.165, 1.54) is 0 Å². The molecule has 0 heterocycles. The minimum Gasteiger partial charge on any atom is -0.223 e. The van der Waals surface area contributed by atoms with Gasteiger partial charge < -0.3 is 0 Å². The molecule has 2 nitrogen and oxygen atoms in total. The molecule has 0 unspecified atom stereocenters. The lowest BCUT2D eigenvalue weighted by atomic mass is 10.2. The molecule has 0 bridgehead atoms. The van der Waals surface area contributed by atoms with Gasteiger partial charge in [-0.05, 0) is 19.1 Å². The Labute approximate surface area is 80.7 Å². The third-order valence-corrected chi connectivity index (χ3v) is 4.61. The lowest BCUT2D eigenvalue weighted by molar-refractivity contribution is 0.601. The summed E-state index contributed by atoms with van der Waals surface area (Å²) in [6, 6.07) is 6.81. The molecule has 0 atom stereocenters. The highest BCUT2D eigenvalue weighted by Gasteiger charge is 2.10. The fourth-order valence-electron chi connectivity index (χ4n) is 0.809. The Morgan fingerprint density at radius 1 is 1.25 bits per heavy atom. The fourth-order valence-corrected chi connectivity index (χ4v) is 2.28. The van der Waals surface area contributed by atoms with Crippen LogP contribution in [-0.2, 0) is 9.84 Å². The van der Waals surface area contributed by atoms with Gasteiger partial charge in [-0.25, -0.2) is 8.42 Å². The van der Waals surface area contributed by atoms with Crippen LogP contribution >= 0.6 is 15.9 Å². The minimum atomic E-state index is -3.10. The Kier molecular flexibility index (Phi) is 2.90. The van der Waals surface area contributed by atoms with E-state index < -0.39 is 9.84 Å². The van der Waals surface area contributed by atoms with E-state index in [-0.39, 0.29) is 4.66 Å². The van der Waals surface area contributed by atoms with Crippen LogP contribution in [0.4, 0.5) is 0 Å². The number of sulfone groups is 1. The Bertz CT molecular complexity index is 353. The SMILES string of the molecule is Cc1ccc(S(=O)(=O)CBr)cc1. The van der Waals surface area contributed by atoms with Crippen LogP contribution in [0.25, 0.3) is 0 Å². The van der Waals surface area contributed by atoms with Crippen LogP contribution in [0.5, 0.6) is 0 Å². The maximum Gasteiger partial charge on any atom is 0.188 e. The monoisotopic (exact) mass is 248 g/mol. The van der Waals surface area contributed by atoms with Crippen molar-refractivity contribution in [1.29, 1.82) is 0 Å². The molecule has 0 saturated carbocycles. The molecule has 0 fully saturated rings. The Morgan fingerprint density at radius 2 is 1.75 bits per heavy atom. The minimum absolute atomic E-state index is 0.0247. The largest absolute Gasteiger partial charge is 0.223 e. The fraction of sp³-hybridized carbons (Fsp3) is 0.250. The summed E-state index contributed by atoms with van der Waals surface area (Å²) in [5, 5.41) is 0. The molecule has 0 aliphatic rings. The predicted octanol–water partition coefficient (Wildman–Crippen LogP) is 2.12. The maximum absolute atomic E-state index is 11.3. The van der Waals surface area contributed by atoms with Gasteiger partial charge in [-0.15, -0.1) is 0 Å². The van der Waals surface area contributed by atoms with E-state index in [0.717, 1.165) is 5.56 Å². The zero-order valence-electron chi connectivity index (χ0n) is 6.62. The van der Waals surface area contributed by atoms with Gasteiger partial charge in [0.25, 0.3) is 0 Å². The smallest absolute Gasteiger partial charge is 0.188 e. The van der Waals surface area contributed by atoms with Crippen molar-refractivity contribution in [2.45, 2.75) is 11.8 Å². The topological polar surface area (TPSA) is 34.1 Å². The van der Waals surface area contributed by atoms with Gasteiger partial charge in [-0.2, -0.15) is 0 Å². The molecular weight excluding hydrogens is 240 g/mol. The maximum atomic E-state index is 11.3. The van der Waals surface area contributed by atoms with Gasteiger partial charge in [0, 0.05) is 0 Å². The average molecular weight is 249 g/mol. The van der Waals surface area contributed by atoms with E-state index in [1.807, 2.05) is 6.92 Å².